The average Bonchev–Trinajstić information content (AvgIpc) is 2.35. The summed E-state index contributed by atoms with van der Waals surface area (Å²) in [6, 6.07) is 10.3. The second kappa shape index (κ2) is 6.66. The zero-order chi connectivity index (χ0) is 12.0. The minimum Gasteiger partial charge on any atom is -0.372 e. The van der Waals surface area contributed by atoms with Crippen LogP contribution in [0, 0.1) is 5.92 Å². The molecule has 1 aromatic carbocycles. The van der Waals surface area contributed by atoms with Gasteiger partial charge in [0.05, 0.1) is 6.10 Å². The van der Waals surface area contributed by atoms with Crippen LogP contribution in [-0.4, -0.2) is 12.6 Å². The lowest BCUT2D eigenvalue weighted by Crippen LogP contribution is -2.36. The van der Waals surface area contributed by atoms with Crippen LogP contribution < -0.4 is 5.73 Å². The molecule has 2 heteroatoms. The van der Waals surface area contributed by atoms with Gasteiger partial charge in [-0.2, -0.15) is 0 Å². The third-order valence-electron chi connectivity index (χ3n) is 3.12. The normalized spacial score (nSPS) is 16.8. The smallest absolute Gasteiger partial charge is 0.0978 e. The molecule has 0 heterocycles. The molecule has 0 aliphatic rings. The summed E-state index contributed by atoms with van der Waals surface area (Å²) in [6.07, 6.45) is 1.10. The largest absolute Gasteiger partial charge is 0.372 e. The standard InChI is InChI=1S/C14H23NO/c1-4-11(3)13(15)14(16-5-2)12-9-7-6-8-10-12/h6-11,13-14H,4-5,15H2,1-3H3. The molecule has 0 saturated carbocycles. The Morgan fingerprint density at radius 1 is 1.19 bits per heavy atom. The van der Waals surface area contributed by atoms with Crippen molar-refractivity contribution >= 4 is 0 Å². The summed E-state index contributed by atoms with van der Waals surface area (Å²) < 4.78 is 5.79. The van der Waals surface area contributed by atoms with Crippen molar-refractivity contribution in [3.8, 4) is 0 Å². The topological polar surface area (TPSA) is 35.2 Å². The molecule has 3 unspecified atom stereocenters. The Kier molecular flexibility index (Phi) is 5.50. The fourth-order valence-corrected chi connectivity index (χ4v) is 1.82. The van der Waals surface area contributed by atoms with Gasteiger partial charge in [-0.15, -0.1) is 0 Å². The summed E-state index contributed by atoms with van der Waals surface area (Å²) >= 11 is 0. The van der Waals surface area contributed by atoms with Crippen LogP contribution in [0.1, 0.15) is 38.9 Å². The molecule has 0 bridgehead atoms. The molecule has 2 nitrogen and oxygen atoms in total. The van der Waals surface area contributed by atoms with Gasteiger partial charge in [0.2, 0.25) is 0 Å². The maximum atomic E-state index is 6.27. The Labute approximate surface area is 98.8 Å². The first-order valence-electron chi connectivity index (χ1n) is 6.12. The van der Waals surface area contributed by atoms with Crippen LogP contribution in [0.4, 0.5) is 0 Å². The van der Waals surface area contributed by atoms with Gasteiger partial charge in [-0.25, -0.2) is 0 Å². The molecular formula is C14H23NO. The average molecular weight is 221 g/mol. The first kappa shape index (κ1) is 13.2. The van der Waals surface area contributed by atoms with E-state index in [4.69, 9.17) is 10.5 Å². The van der Waals surface area contributed by atoms with Gasteiger partial charge in [0.15, 0.2) is 0 Å². The number of ether oxygens (including phenoxy) is 1. The van der Waals surface area contributed by atoms with Crippen molar-refractivity contribution in [1.82, 2.24) is 0 Å². The van der Waals surface area contributed by atoms with Crippen LogP contribution in [-0.2, 0) is 4.74 Å². The highest BCUT2D eigenvalue weighted by Crippen LogP contribution is 2.25. The fourth-order valence-electron chi connectivity index (χ4n) is 1.82. The second-order valence-electron chi connectivity index (χ2n) is 4.25. The van der Waals surface area contributed by atoms with E-state index in [1.807, 2.05) is 25.1 Å². The summed E-state index contributed by atoms with van der Waals surface area (Å²) in [5.74, 6) is 0.469. The van der Waals surface area contributed by atoms with E-state index >= 15 is 0 Å². The molecule has 0 aromatic heterocycles. The molecule has 1 aromatic rings. The Morgan fingerprint density at radius 3 is 2.31 bits per heavy atom. The van der Waals surface area contributed by atoms with E-state index in [-0.39, 0.29) is 12.1 Å². The Bertz CT molecular complexity index is 286. The number of nitrogens with two attached hydrogens (primary N) is 1. The molecular weight excluding hydrogens is 198 g/mol. The molecule has 0 radical (unpaired) electrons. The molecule has 16 heavy (non-hydrogen) atoms. The van der Waals surface area contributed by atoms with E-state index in [1.54, 1.807) is 0 Å². The van der Waals surface area contributed by atoms with Gasteiger partial charge < -0.3 is 10.5 Å². The lowest BCUT2D eigenvalue weighted by atomic mass is 9.91. The summed E-state index contributed by atoms with van der Waals surface area (Å²) in [4.78, 5) is 0. The van der Waals surface area contributed by atoms with E-state index in [0.717, 1.165) is 6.42 Å². The van der Waals surface area contributed by atoms with Gasteiger partial charge in [0.1, 0.15) is 0 Å². The van der Waals surface area contributed by atoms with E-state index in [9.17, 15) is 0 Å². The molecule has 2 N–H and O–H groups in total. The quantitative estimate of drug-likeness (QED) is 0.801. The summed E-state index contributed by atoms with van der Waals surface area (Å²) in [5.41, 5.74) is 7.44. The number of hydrogen-bond acceptors (Lipinski definition) is 2. The first-order valence-corrected chi connectivity index (χ1v) is 6.12. The Morgan fingerprint density at radius 2 is 1.81 bits per heavy atom. The fraction of sp³-hybridized carbons (Fsp3) is 0.571. The predicted molar refractivity (Wildman–Crippen MR) is 68.2 cm³/mol. The van der Waals surface area contributed by atoms with Gasteiger partial charge in [0, 0.05) is 12.6 Å². The van der Waals surface area contributed by atoms with Crippen LogP contribution in [0.25, 0.3) is 0 Å². The van der Waals surface area contributed by atoms with Crippen molar-refractivity contribution in [1.29, 1.82) is 0 Å². The summed E-state index contributed by atoms with van der Waals surface area (Å²) in [6.45, 7) is 7.06. The highest BCUT2D eigenvalue weighted by molar-refractivity contribution is 5.19. The second-order valence-corrected chi connectivity index (χ2v) is 4.25. The molecule has 90 valence electrons. The minimum absolute atomic E-state index is 0.0150. The van der Waals surface area contributed by atoms with Gasteiger partial charge >= 0.3 is 0 Å². The lowest BCUT2D eigenvalue weighted by Gasteiger charge is -2.28. The van der Waals surface area contributed by atoms with Crippen LogP contribution in [0.2, 0.25) is 0 Å². The van der Waals surface area contributed by atoms with Crippen LogP contribution in [0.3, 0.4) is 0 Å². The summed E-state index contributed by atoms with van der Waals surface area (Å²) in [7, 11) is 0. The number of hydrogen-bond donors (Lipinski definition) is 1. The first-order chi connectivity index (χ1) is 7.70. The van der Waals surface area contributed by atoms with Crippen LogP contribution in [0.15, 0.2) is 30.3 Å². The maximum absolute atomic E-state index is 6.27. The molecule has 0 saturated heterocycles. The Hall–Kier alpha value is -0.860. The Balaban J connectivity index is 2.82. The van der Waals surface area contributed by atoms with Gasteiger partial charge in [-0.05, 0) is 18.4 Å². The monoisotopic (exact) mass is 221 g/mol. The van der Waals surface area contributed by atoms with Crippen molar-refractivity contribution in [2.75, 3.05) is 6.61 Å². The van der Waals surface area contributed by atoms with Crippen LogP contribution >= 0.6 is 0 Å². The van der Waals surface area contributed by atoms with E-state index < -0.39 is 0 Å². The SMILES string of the molecule is CCOC(c1ccccc1)C(N)C(C)CC. The molecule has 1 rings (SSSR count). The van der Waals surface area contributed by atoms with Crippen molar-refractivity contribution in [2.24, 2.45) is 11.7 Å². The lowest BCUT2D eigenvalue weighted by molar-refractivity contribution is 0.0294. The number of rotatable bonds is 6. The van der Waals surface area contributed by atoms with Gasteiger partial charge in [-0.3, -0.25) is 0 Å². The maximum Gasteiger partial charge on any atom is 0.0978 e. The minimum atomic E-state index is 0.0150. The molecule has 0 fully saturated rings. The van der Waals surface area contributed by atoms with Gasteiger partial charge in [-0.1, -0.05) is 50.6 Å². The molecule has 0 spiro atoms. The van der Waals surface area contributed by atoms with Crippen molar-refractivity contribution in [3.63, 3.8) is 0 Å². The third kappa shape index (κ3) is 3.32. The molecule has 0 amide bonds. The molecule has 0 aliphatic heterocycles. The van der Waals surface area contributed by atoms with E-state index in [1.165, 1.54) is 5.56 Å². The molecule has 0 aliphatic carbocycles. The highest BCUT2D eigenvalue weighted by Gasteiger charge is 2.23. The third-order valence-corrected chi connectivity index (χ3v) is 3.12. The summed E-state index contributed by atoms with van der Waals surface area (Å²) in [5, 5.41) is 0. The van der Waals surface area contributed by atoms with E-state index in [2.05, 4.69) is 26.0 Å². The van der Waals surface area contributed by atoms with Gasteiger partial charge in [0.25, 0.3) is 0 Å². The zero-order valence-corrected chi connectivity index (χ0v) is 10.5. The van der Waals surface area contributed by atoms with Crippen molar-refractivity contribution in [3.05, 3.63) is 35.9 Å². The molecule has 3 atom stereocenters. The highest BCUT2D eigenvalue weighted by atomic mass is 16.5. The van der Waals surface area contributed by atoms with Crippen molar-refractivity contribution < 1.29 is 4.74 Å². The van der Waals surface area contributed by atoms with Crippen molar-refractivity contribution in [2.45, 2.75) is 39.3 Å². The van der Waals surface area contributed by atoms with Crippen LogP contribution in [0.5, 0.6) is 0 Å². The zero-order valence-electron chi connectivity index (χ0n) is 10.5. The number of benzene rings is 1. The van der Waals surface area contributed by atoms with E-state index in [0.29, 0.717) is 12.5 Å². The predicted octanol–water partition coefficient (Wildman–Crippen LogP) is 3.14.